The molecule has 1 aromatic heterocycles. The summed E-state index contributed by atoms with van der Waals surface area (Å²) in [6.07, 6.45) is 3.57. The number of hydrogen-bond donors (Lipinski definition) is 2. The molecule has 164 valence electrons. The maximum atomic E-state index is 12.7. The minimum atomic E-state index is -0.174. The van der Waals surface area contributed by atoms with E-state index in [1.807, 2.05) is 42.5 Å². The molecule has 3 aromatic carbocycles. The van der Waals surface area contributed by atoms with Gasteiger partial charge in [-0.15, -0.1) is 0 Å². The molecule has 1 aliphatic heterocycles. The van der Waals surface area contributed by atoms with Crippen LogP contribution in [0.3, 0.4) is 0 Å². The molecule has 0 unspecified atom stereocenters. The van der Waals surface area contributed by atoms with E-state index in [0.29, 0.717) is 23.8 Å². The van der Waals surface area contributed by atoms with Crippen molar-refractivity contribution in [3.63, 3.8) is 0 Å². The molecule has 4 aromatic rings. The van der Waals surface area contributed by atoms with Gasteiger partial charge in [0, 0.05) is 35.8 Å². The van der Waals surface area contributed by atoms with Crippen molar-refractivity contribution in [1.29, 1.82) is 0 Å². The van der Waals surface area contributed by atoms with Crippen molar-refractivity contribution < 1.29 is 14.3 Å². The second kappa shape index (κ2) is 9.00. The molecule has 0 spiro atoms. The van der Waals surface area contributed by atoms with E-state index in [-0.39, 0.29) is 12.7 Å². The molecule has 5 rings (SSSR count). The van der Waals surface area contributed by atoms with Gasteiger partial charge in [-0.25, -0.2) is 9.97 Å². The van der Waals surface area contributed by atoms with E-state index in [9.17, 15) is 4.79 Å². The highest BCUT2D eigenvalue weighted by Gasteiger charge is 2.14. The number of hydrogen-bond acceptors (Lipinski definition) is 6. The molecule has 0 saturated heterocycles. The predicted molar refractivity (Wildman–Crippen MR) is 126 cm³/mol. The maximum Gasteiger partial charge on any atom is 0.251 e. The number of benzene rings is 3. The highest BCUT2D eigenvalue weighted by atomic mass is 16.7. The molecule has 2 heterocycles. The van der Waals surface area contributed by atoms with Crippen LogP contribution >= 0.6 is 0 Å². The SMILES string of the molecule is Cc1cccc(-c2cnc(Nc3cccc(C(=O)NCc4ccc5c(c4)OCO5)c3)nc2)c1. The Labute approximate surface area is 191 Å². The van der Waals surface area contributed by atoms with Crippen molar-refractivity contribution in [1.82, 2.24) is 15.3 Å². The third-order valence-electron chi connectivity index (χ3n) is 5.27. The van der Waals surface area contributed by atoms with Crippen LogP contribution in [0.4, 0.5) is 11.6 Å². The lowest BCUT2D eigenvalue weighted by molar-refractivity contribution is 0.0951. The zero-order valence-corrected chi connectivity index (χ0v) is 18.0. The van der Waals surface area contributed by atoms with E-state index in [1.54, 1.807) is 24.5 Å². The van der Waals surface area contributed by atoms with Gasteiger partial charge in [-0.1, -0.05) is 42.0 Å². The summed E-state index contributed by atoms with van der Waals surface area (Å²) in [7, 11) is 0. The summed E-state index contributed by atoms with van der Waals surface area (Å²) in [4.78, 5) is 21.5. The predicted octanol–water partition coefficient (Wildman–Crippen LogP) is 4.85. The number of ether oxygens (including phenoxy) is 2. The Kier molecular flexibility index (Phi) is 5.59. The molecule has 0 bridgehead atoms. The number of rotatable bonds is 6. The van der Waals surface area contributed by atoms with Crippen LogP contribution in [0.2, 0.25) is 0 Å². The van der Waals surface area contributed by atoms with Gasteiger partial charge in [0.1, 0.15) is 0 Å². The number of amides is 1. The summed E-state index contributed by atoms with van der Waals surface area (Å²) >= 11 is 0. The number of aryl methyl sites for hydroxylation is 1. The average molecular weight is 438 g/mol. The highest BCUT2D eigenvalue weighted by Crippen LogP contribution is 2.32. The summed E-state index contributed by atoms with van der Waals surface area (Å²) < 4.78 is 10.7. The van der Waals surface area contributed by atoms with Crippen molar-refractivity contribution in [3.05, 3.63) is 95.8 Å². The fourth-order valence-electron chi connectivity index (χ4n) is 3.57. The van der Waals surface area contributed by atoms with Crippen LogP contribution in [0, 0.1) is 6.92 Å². The second-order valence-electron chi connectivity index (χ2n) is 7.74. The Morgan fingerprint density at radius 3 is 2.58 bits per heavy atom. The van der Waals surface area contributed by atoms with Crippen molar-refractivity contribution >= 4 is 17.5 Å². The molecule has 0 aliphatic carbocycles. The molecule has 0 radical (unpaired) electrons. The van der Waals surface area contributed by atoms with E-state index in [0.717, 1.165) is 28.1 Å². The van der Waals surface area contributed by atoms with E-state index in [1.165, 1.54) is 5.56 Å². The number of anilines is 2. The molecule has 7 heteroatoms. The molecule has 0 saturated carbocycles. The molecule has 1 aliphatic rings. The van der Waals surface area contributed by atoms with Crippen molar-refractivity contribution in [2.45, 2.75) is 13.5 Å². The minimum absolute atomic E-state index is 0.174. The molecular formula is C26H22N4O3. The van der Waals surface area contributed by atoms with Crippen LogP contribution in [-0.2, 0) is 6.54 Å². The largest absolute Gasteiger partial charge is 0.454 e. The van der Waals surface area contributed by atoms with Gasteiger partial charge in [0.05, 0.1) is 0 Å². The van der Waals surface area contributed by atoms with Gasteiger partial charge in [-0.2, -0.15) is 0 Å². The summed E-state index contributed by atoms with van der Waals surface area (Å²) in [6.45, 7) is 2.67. The summed E-state index contributed by atoms with van der Waals surface area (Å²) in [5.41, 5.74) is 5.40. The van der Waals surface area contributed by atoms with Crippen LogP contribution in [-0.4, -0.2) is 22.7 Å². The molecule has 0 fully saturated rings. The quantitative estimate of drug-likeness (QED) is 0.447. The topological polar surface area (TPSA) is 85.4 Å². The number of carbonyl (C=O) groups is 1. The molecule has 1 amide bonds. The fraction of sp³-hybridized carbons (Fsp3) is 0.115. The number of nitrogens with zero attached hydrogens (tertiary/aromatic N) is 2. The minimum Gasteiger partial charge on any atom is -0.454 e. The standard InChI is InChI=1S/C26H22N4O3/c1-17-4-2-5-19(10-17)21-14-28-26(29-15-21)30-22-7-3-6-20(12-22)25(31)27-13-18-8-9-23-24(11-18)33-16-32-23/h2-12,14-15H,13,16H2,1H3,(H,27,31)(H,28,29,30). The average Bonchev–Trinajstić information content (AvgIpc) is 3.31. The van der Waals surface area contributed by atoms with Gasteiger partial charge in [0.2, 0.25) is 12.7 Å². The lowest BCUT2D eigenvalue weighted by Gasteiger charge is -2.09. The Morgan fingerprint density at radius 1 is 0.909 bits per heavy atom. The van der Waals surface area contributed by atoms with Gasteiger partial charge in [0.15, 0.2) is 11.5 Å². The van der Waals surface area contributed by atoms with E-state index in [4.69, 9.17) is 9.47 Å². The lowest BCUT2D eigenvalue weighted by Crippen LogP contribution is -2.22. The number of carbonyl (C=O) groups excluding carboxylic acids is 1. The zero-order valence-electron chi connectivity index (χ0n) is 18.0. The molecular weight excluding hydrogens is 416 g/mol. The van der Waals surface area contributed by atoms with E-state index < -0.39 is 0 Å². The zero-order chi connectivity index (χ0) is 22.6. The van der Waals surface area contributed by atoms with Gasteiger partial charge in [-0.05, 0) is 48.4 Å². The monoisotopic (exact) mass is 438 g/mol. The Bertz CT molecular complexity index is 1310. The van der Waals surface area contributed by atoms with Gasteiger partial charge in [-0.3, -0.25) is 4.79 Å². The normalized spacial score (nSPS) is 11.8. The molecule has 33 heavy (non-hydrogen) atoms. The van der Waals surface area contributed by atoms with Crippen molar-refractivity contribution in [2.24, 2.45) is 0 Å². The van der Waals surface area contributed by atoms with Crippen LogP contribution in [0.5, 0.6) is 11.5 Å². The third-order valence-corrected chi connectivity index (χ3v) is 5.27. The van der Waals surface area contributed by atoms with E-state index >= 15 is 0 Å². The van der Waals surface area contributed by atoms with Gasteiger partial charge < -0.3 is 20.1 Å². The first-order valence-corrected chi connectivity index (χ1v) is 10.6. The maximum absolute atomic E-state index is 12.7. The first-order chi connectivity index (χ1) is 16.1. The second-order valence-corrected chi connectivity index (χ2v) is 7.74. The first kappa shape index (κ1) is 20.5. The third kappa shape index (κ3) is 4.77. The summed E-state index contributed by atoms with van der Waals surface area (Å²) in [5.74, 6) is 1.70. The van der Waals surface area contributed by atoms with Crippen LogP contribution < -0.4 is 20.1 Å². The summed E-state index contributed by atoms with van der Waals surface area (Å²) in [5, 5.41) is 6.09. The van der Waals surface area contributed by atoms with Crippen LogP contribution in [0.15, 0.2) is 79.1 Å². The number of aromatic nitrogens is 2. The Hall–Kier alpha value is -4.39. The number of nitrogens with one attached hydrogen (secondary N) is 2. The Balaban J connectivity index is 1.23. The van der Waals surface area contributed by atoms with Gasteiger partial charge >= 0.3 is 0 Å². The van der Waals surface area contributed by atoms with Crippen LogP contribution in [0.25, 0.3) is 11.1 Å². The molecule has 0 atom stereocenters. The highest BCUT2D eigenvalue weighted by molar-refractivity contribution is 5.95. The smallest absolute Gasteiger partial charge is 0.251 e. The molecule has 7 nitrogen and oxygen atoms in total. The van der Waals surface area contributed by atoms with Crippen molar-refractivity contribution in [3.8, 4) is 22.6 Å². The Morgan fingerprint density at radius 2 is 1.73 bits per heavy atom. The van der Waals surface area contributed by atoms with Crippen molar-refractivity contribution in [2.75, 3.05) is 12.1 Å². The first-order valence-electron chi connectivity index (χ1n) is 10.6. The van der Waals surface area contributed by atoms with Crippen LogP contribution in [0.1, 0.15) is 21.5 Å². The summed E-state index contributed by atoms with van der Waals surface area (Å²) in [6, 6.07) is 21.0. The van der Waals surface area contributed by atoms with E-state index in [2.05, 4.69) is 39.7 Å². The molecule has 2 N–H and O–H groups in total. The lowest BCUT2D eigenvalue weighted by atomic mass is 10.1. The van der Waals surface area contributed by atoms with Gasteiger partial charge in [0.25, 0.3) is 5.91 Å². The number of fused-ring (bicyclic) bond motifs is 1. The fourth-order valence-corrected chi connectivity index (χ4v) is 3.57.